The summed E-state index contributed by atoms with van der Waals surface area (Å²) in [4.78, 5) is 17.4. The van der Waals surface area contributed by atoms with Crippen molar-refractivity contribution in [2.45, 2.75) is 123 Å². The molecule has 0 aromatic carbocycles. The number of ether oxygens (including phenoxy) is 2. The predicted octanol–water partition coefficient (Wildman–Crippen LogP) is 6.51. The van der Waals surface area contributed by atoms with Crippen molar-refractivity contribution in [3.05, 3.63) is 34.4 Å². The third kappa shape index (κ3) is 5.15. The number of hydrogen-bond acceptors (Lipinski definition) is 5. The van der Waals surface area contributed by atoms with E-state index in [0.29, 0.717) is 5.92 Å². The van der Waals surface area contributed by atoms with Gasteiger partial charge in [-0.25, -0.2) is 0 Å². The van der Waals surface area contributed by atoms with E-state index in [1.54, 1.807) is 0 Å². The number of cyclic esters (lactones) is 1. The molecule has 0 unspecified atom stereocenters. The Bertz CT molecular complexity index is 1020. The van der Waals surface area contributed by atoms with Crippen LogP contribution in [0.1, 0.15) is 98.8 Å². The van der Waals surface area contributed by atoms with Crippen LogP contribution >= 0.6 is 0 Å². The van der Waals surface area contributed by atoms with Gasteiger partial charge in [-0.3, -0.25) is 9.79 Å². The summed E-state index contributed by atoms with van der Waals surface area (Å²) < 4.78 is 12.3. The number of carbonyl (C=O) groups is 1. The van der Waals surface area contributed by atoms with Gasteiger partial charge in [0, 0.05) is 30.0 Å². The Balaban J connectivity index is 1.54. The molecule has 4 heterocycles. The van der Waals surface area contributed by atoms with Crippen LogP contribution in [0, 0.1) is 23.2 Å². The van der Waals surface area contributed by atoms with Crippen molar-refractivity contribution in [2.24, 2.45) is 28.2 Å². The molecule has 0 saturated carbocycles. The number of hydrogen-bond donors (Lipinski definition) is 1. The van der Waals surface area contributed by atoms with Crippen LogP contribution in [0.5, 0.6) is 0 Å². The van der Waals surface area contributed by atoms with E-state index >= 15 is 0 Å². The first kappa shape index (κ1) is 26.9. The molecule has 5 rings (SSSR count). The maximum Gasteiger partial charge on any atom is 0.309 e. The van der Waals surface area contributed by atoms with Crippen molar-refractivity contribution in [1.29, 1.82) is 0 Å². The van der Waals surface area contributed by atoms with E-state index < -0.39 is 6.10 Å². The minimum absolute atomic E-state index is 0.00817. The number of carbonyl (C=O) groups excluding carboxylic acids is 1. The minimum atomic E-state index is -0.469. The van der Waals surface area contributed by atoms with Gasteiger partial charge in [0.1, 0.15) is 6.10 Å². The molecule has 1 spiro atoms. The highest BCUT2D eigenvalue weighted by molar-refractivity contribution is 5.92. The molecular formula is C32H47NO4. The Hall–Kier alpha value is -1.72. The van der Waals surface area contributed by atoms with Crippen molar-refractivity contribution >= 4 is 11.7 Å². The summed E-state index contributed by atoms with van der Waals surface area (Å²) >= 11 is 0. The third-order valence-electron chi connectivity index (χ3n) is 10.2. The molecule has 2 fully saturated rings. The number of fused-ring (bicyclic) bond motifs is 2. The van der Waals surface area contributed by atoms with Gasteiger partial charge >= 0.3 is 5.97 Å². The van der Waals surface area contributed by atoms with Crippen molar-refractivity contribution in [3.8, 4) is 0 Å². The molecule has 8 atom stereocenters. The van der Waals surface area contributed by atoms with E-state index in [-0.39, 0.29) is 41.5 Å². The van der Waals surface area contributed by atoms with Gasteiger partial charge in [0.15, 0.2) is 0 Å². The lowest BCUT2D eigenvalue weighted by molar-refractivity contribution is -0.143. The fourth-order valence-electron chi connectivity index (χ4n) is 7.98. The second-order valence-electron chi connectivity index (χ2n) is 12.7. The van der Waals surface area contributed by atoms with Crippen molar-refractivity contribution in [2.75, 3.05) is 6.54 Å². The highest BCUT2D eigenvalue weighted by Gasteiger charge is 2.48. The zero-order valence-electron chi connectivity index (χ0n) is 23.6. The second-order valence-corrected chi connectivity index (χ2v) is 12.7. The molecule has 0 aromatic rings. The van der Waals surface area contributed by atoms with Crippen molar-refractivity contribution in [1.82, 2.24) is 0 Å². The predicted molar refractivity (Wildman–Crippen MR) is 147 cm³/mol. The Morgan fingerprint density at radius 1 is 1.05 bits per heavy atom. The summed E-state index contributed by atoms with van der Waals surface area (Å²) in [5, 5.41) is 11.3. The largest absolute Gasteiger partial charge is 0.458 e. The number of rotatable bonds is 1. The minimum Gasteiger partial charge on any atom is -0.458 e. The smallest absolute Gasteiger partial charge is 0.309 e. The third-order valence-corrected chi connectivity index (χ3v) is 10.2. The molecule has 5 heteroatoms. The van der Waals surface area contributed by atoms with Crippen LogP contribution in [0.15, 0.2) is 39.4 Å². The molecule has 5 aliphatic rings. The molecule has 4 aliphatic heterocycles. The Morgan fingerprint density at radius 2 is 1.86 bits per heavy atom. The zero-order valence-corrected chi connectivity index (χ0v) is 23.6. The molecule has 2 bridgehead atoms. The van der Waals surface area contributed by atoms with Crippen LogP contribution in [-0.2, 0) is 14.3 Å². The number of allylic oxidation sites excluding steroid dienone is 3. The lowest BCUT2D eigenvalue weighted by Gasteiger charge is -2.48. The first-order valence-corrected chi connectivity index (χ1v) is 14.8. The number of aliphatic hydroxyl groups excluding tert-OH is 1. The molecule has 0 amide bonds. The van der Waals surface area contributed by atoms with E-state index in [1.165, 1.54) is 22.4 Å². The van der Waals surface area contributed by atoms with E-state index in [4.69, 9.17) is 14.5 Å². The number of aliphatic imine (C=N–C) groups is 1. The summed E-state index contributed by atoms with van der Waals surface area (Å²) in [6, 6.07) is 0. The van der Waals surface area contributed by atoms with Gasteiger partial charge in [0.2, 0.25) is 0 Å². The Labute approximate surface area is 223 Å². The van der Waals surface area contributed by atoms with Crippen LogP contribution in [0.3, 0.4) is 0 Å². The topological polar surface area (TPSA) is 68.1 Å². The molecule has 37 heavy (non-hydrogen) atoms. The molecular weight excluding hydrogens is 462 g/mol. The van der Waals surface area contributed by atoms with Crippen LogP contribution in [-0.4, -0.2) is 47.7 Å². The fraction of sp³-hybridized carbons (Fsp3) is 0.750. The van der Waals surface area contributed by atoms with Gasteiger partial charge in [0.05, 0.1) is 24.2 Å². The van der Waals surface area contributed by atoms with E-state index in [0.717, 1.165) is 76.3 Å². The number of esters is 1. The van der Waals surface area contributed by atoms with Gasteiger partial charge in [-0.15, -0.1) is 0 Å². The van der Waals surface area contributed by atoms with Crippen LogP contribution in [0.2, 0.25) is 0 Å². The van der Waals surface area contributed by atoms with Crippen molar-refractivity contribution in [3.63, 3.8) is 0 Å². The first-order valence-electron chi connectivity index (χ1n) is 14.8. The maximum absolute atomic E-state index is 12.3. The average Bonchev–Trinajstić information content (AvgIpc) is 3.41. The Kier molecular flexibility index (Phi) is 7.85. The standard InChI is InChI=1S/C32H47NO4/c1-19-8-6-9-29-32(13-7-15-33-29)14-12-25(28-18-22(4)31(35)37-28)23(5)26(32)17-20(2)27(34)11-10-24-16-21(3)30(19)36-24/h8,17,21-22,24,26-28,30,34H,6-7,9-16,18H2,1-5H3/b19-8+,20-17+/t21-,22+,24+,26+,27+,28+,30+,32+/m1/s1. The number of nitrogens with zero attached hydrogens (tertiary/aromatic N) is 1. The number of aliphatic hydroxyl groups is 1. The van der Waals surface area contributed by atoms with E-state index in [9.17, 15) is 9.90 Å². The summed E-state index contributed by atoms with van der Waals surface area (Å²) in [7, 11) is 0. The van der Waals surface area contributed by atoms with Crippen LogP contribution in [0.4, 0.5) is 0 Å². The summed E-state index contributed by atoms with van der Waals surface area (Å²) in [5.41, 5.74) is 6.40. The molecule has 1 N–H and O–H groups in total. The normalized spacial score (nSPS) is 44.3. The lowest BCUT2D eigenvalue weighted by Crippen LogP contribution is -2.44. The summed E-state index contributed by atoms with van der Waals surface area (Å²) in [5.74, 6) is 0.600. The fourth-order valence-corrected chi connectivity index (χ4v) is 7.98. The highest BCUT2D eigenvalue weighted by Crippen LogP contribution is 2.53. The van der Waals surface area contributed by atoms with Gasteiger partial charge in [-0.05, 0) is 101 Å². The molecule has 1 aliphatic carbocycles. The molecule has 0 aromatic heterocycles. The highest BCUT2D eigenvalue weighted by atomic mass is 16.6. The van der Waals surface area contributed by atoms with Gasteiger partial charge in [-0.2, -0.15) is 0 Å². The van der Waals surface area contributed by atoms with Crippen molar-refractivity contribution < 1.29 is 19.4 Å². The SMILES string of the molecule is CC1=C([C@@H]2C[C@H](C)C(=O)O2)CC[C@]23CCCN=C2CC/C=C(\C)[C@@H]2O[C@@H](CC[C@H](O)/C(C)=C/[C@@H]13)C[C@H]2C. The zero-order chi connectivity index (χ0) is 26.3. The molecule has 2 saturated heterocycles. The molecule has 5 nitrogen and oxygen atoms in total. The van der Waals surface area contributed by atoms with Gasteiger partial charge in [-0.1, -0.05) is 31.6 Å². The Morgan fingerprint density at radius 3 is 2.62 bits per heavy atom. The lowest BCUT2D eigenvalue weighted by atomic mass is 9.57. The molecule has 204 valence electrons. The summed E-state index contributed by atoms with van der Waals surface area (Å²) in [6.45, 7) is 11.8. The van der Waals surface area contributed by atoms with E-state index in [2.05, 4.69) is 39.8 Å². The van der Waals surface area contributed by atoms with Crippen LogP contribution in [0.25, 0.3) is 0 Å². The monoisotopic (exact) mass is 509 g/mol. The maximum atomic E-state index is 12.3. The summed E-state index contributed by atoms with van der Waals surface area (Å²) in [6.07, 6.45) is 14.3. The average molecular weight is 510 g/mol. The van der Waals surface area contributed by atoms with Crippen LogP contribution < -0.4 is 0 Å². The van der Waals surface area contributed by atoms with Gasteiger partial charge < -0.3 is 14.6 Å². The quantitative estimate of drug-likeness (QED) is 0.323. The molecule has 0 radical (unpaired) electrons. The van der Waals surface area contributed by atoms with Gasteiger partial charge in [0.25, 0.3) is 0 Å². The second kappa shape index (κ2) is 10.8. The first-order chi connectivity index (χ1) is 17.7. The van der Waals surface area contributed by atoms with E-state index in [1.807, 2.05) is 6.92 Å².